The van der Waals surface area contributed by atoms with Gasteiger partial charge in [0.2, 0.25) is 11.8 Å². The summed E-state index contributed by atoms with van der Waals surface area (Å²) in [5.74, 6) is -0.181. The van der Waals surface area contributed by atoms with E-state index >= 15 is 0 Å². The zero-order valence-corrected chi connectivity index (χ0v) is 14.9. The molecule has 0 saturated carbocycles. The Morgan fingerprint density at radius 3 is 2.64 bits per heavy atom. The Kier molecular flexibility index (Phi) is 4.88. The number of carbonyl (C=O) groups is 2. The van der Waals surface area contributed by atoms with Crippen molar-refractivity contribution >= 4 is 11.8 Å². The highest BCUT2D eigenvalue weighted by Gasteiger charge is 2.38. The maximum absolute atomic E-state index is 12.8. The molecule has 1 aliphatic rings. The normalized spacial score (nSPS) is 20.6. The third-order valence-corrected chi connectivity index (χ3v) is 5.13. The Balaban J connectivity index is 1.77. The number of amides is 2. The number of benzene rings is 1. The monoisotopic (exact) mass is 340 g/mol. The first-order valence-electron chi connectivity index (χ1n) is 8.55. The van der Waals surface area contributed by atoms with Crippen LogP contribution in [0.1, 0.15) is 35.7 Å². The molecule has 0 spiro atoms. The highest BCUT2D eigenvalue weighted by molar-refractivity contribution is 5.84. The van der Waals surface area contributed by atoms with Gasteiger partial charge in [-0.05, 0) is 18.9 Å². The van der Waals surface area contributed by atoms with Gasteiger partial charge in [0.25, 0.3) is 0 Å². The molecule has 132 valence electrons. The smallest absolute Gasteiger partial charge is 0.225 e. The first-order valence-corrected chi connectivity index (χ1v) is 8.55. The number of nitrogens with zero attached hydrogens (tertiary/aromatic N) is 3. The minimum absolute atomic E-state index is 0.0172. The Hall–Kier alpha value is -2.63. The fourth-order valence-electron chi connectivity index (χ4n) is 3.45. The van der Waals surface area contributed by atoms with Crippen molar-refractivity contribution < 1.29 is 9.59 Å². The van der Waals surface area contributed by atoms with E-state index in [4.69, 9.17) is 0 Å². The van der Waals surface area contributed by atoms with Crippen LogP contribution in [0.4, 0.5) is 0 Å². The fraction of sp³-hybridized carbons (Fsp3) is 0.421. The van der Waals surface area contributed by atoms with Crippen molar-refractivity contribution in [1.29, 1.82) is 0 Å². The summed E-state index contributed by atoms with van der Waals surface area (Å²) in [5.41, 5.74) is 3.04. The highest BCUT2D eigenvalue weighted by Crippen LogP contribution is 2.35. The molecule has 2 unspecified atom stereocenters. The number of hydrogen-bond donors (Lipinski definition) is 1. The van der Waals surface area contributed by atoms with Gasteiger partial charge in [-0.3, -0.25) is 14.3 Å². The van der Waals surface area contributed by atoms with Crippen LogP contribution < -0.4 is 5.32 Å². The Morgan fingerprint density at radius 1 is 1.28 bits per heavy atom. The van der Waals surface area contributed by atoms with Crippen molar-refractivity contribution in [3.63, 3.8) is 0 Å². The summed E-state index contributed by atoms with van der Waals surface area (Å²) >= 11 is 0. The molecule has 0 bridgehead atoms. The molecule has 0 aliphatic carbocycles. The third kappa shape index (κ3) is 3.43. The van der Waals surface area contributed by atoms with Crippen LogP contribution in [0, 0.1) is 12.8 Å². The molecule has 2 heterocycles. The van der Waals surface area contributed by atoms with E-state index < -0.39 is 0 Å². The summed E-state index contributed by atoms with van der Waals surface area (Å²) in [7, 11) is 3.67. The van der Waals surface area contributed by atoms with Gasteiger partial charge in [-0.25, -0.2) is 0 Å². The lowest BCUT2D eigenvalue weighted by Crippen LogP contribution is -2.46. The van der Waals surface area contributed by atoms with Gasteiger partial charge in [-0.1, -0.05) is 30.3 Å². The molecular formula is C19H24N4O2. The van der Waals surface area contributed by atoms with E-state index in [2.05, 4.69) is 10.4 Å². The summed E-state index contributed by atoms with van der Waals surface area (Å²) in [5, 5.41) is 7.23. The number of likely N-dealkylation sites (tertiary alicyclic amines) is 1. The van der Waals surface area contributed by atoms with Gasteiger partial charge >= 0.3 is 0 Å². The van der Waals surface area contributed by atoms with E-state index in [9.17, 15) is 9.59 Å². The second kappa shape index (κ2) is 7.09. The van der Waals surface area contributed by atoms with Gasteiger partial charge in [0.15, 0.2) is 0 Å². The Labute approximate surface area is 147 Å². The summed E-state index contributed by atoms with van der Waals surface area (Å²) in [6.07, 6.45) is 2.76. The van der Waals surface area contributed by atoms with Crippen molar-refractivity contribution in [3.05, 3.63) is 53.3 Å². The van der Waals surface area contributed by atoms with E-state index in [1.54, 1.807) is 22.8 Å². The second-order valence-corrected chi connectivity index (χ2v) is 6.60. The first-order chi connectivity index (χ1) is 12.0. The van der Waals surface area contributed by atoms with Gasteiger partial charge in [0, 0.05) is 38.3 Å². The Bertz CT molecular complexity index is 769. The lowest BCUT2D eigenvalue weighted by molar-refractivity contribution is -0.141. The number of carbonyl (C=O) groups excluding carboxylic acids is 2. The number of aromatic nitrogens is 2. The van der Waals surface area contributed by atoms with Crippen LogP contribution >= 0.6 is 0 Å². The van der Waals surface area contributed by atoms with Crippen LogP contribution in [0.25, 0.3) is 0 Å². The minimum Gasteiger partial charge on any atom is -0.352 e. The molecule has 25 heavy (non-hydrogen) atoms. The summed E-state index contributed by atoms with van der Waals surface area (Å²) in [6.45, 7) is 2.43. The molecule has 6 heteroatoms. The van der Waals surface area contributed by atoms with Crippen LogP contribution in [0.5, 0.6) is 0 Å². The van der Waals surface area contributed by atoms with Gasteiger partial charge in [-0.2, -0.15) is 5.10 Å². The highest BCUT2D eigenvalue weighted by atomic mass is 16.2. The van der Waals surface area contributed by atoms with Crippen molar-refractivity contribution in [2.45, 2.75) is 32.4 Å². The topological polar surface area (TPSA) is 67.2 Å². The maximum Gasteiger partial charge on any atom is 0.225 e. The van der Waals surface area contributed by atoms with Crippen molar-refractivity contribution in [3.8, 4) is 0 Å². The second-order valence-electron chi connectivity index (χ2n) is 6.60. The molecule has 2 aromatic rings. The van der Waals surface area contributed by atoms with E-state index in [0.29, 0.717) is 19.4 Å². The molecule has 3 rings (SSSR count). The first kappa shape index (κ1) is 17.2. The fourth-order valence-corrected chi connectivity index (χ4v) is 3.45. The summed E-state index contributed by atoms with van der Waals surface area (Å²) in [4.78, 5) is 26.7. The van der Waals surface area contributed by atoms with Crippen LogP contribution in [0.2, 0.25) is 0 Å². The van der Waals surface area contributed by atoms with Gasteiger partial charge in [0.1, 0.15) is 0 Å². The zero-order chi connectivity index (χ0) is 18.0. The minimum atomic E-state index is -0.248. The van der Waals surface area contributed by atoms with Crippen molar-refractivity contribution in [1.82, 2.24) is 20.0 Å². The number of piperidine rings is 1. The van der Waals surface area contributed by atoms with Crippen LogP contribution in [-0.4, -0.2) is 33.5 Å². The molecular weight excluding hydrogens is 316 g/mol. The molecule has 1 saturated heterocycles. The average Bonchev–Trinajstić information content (AvgIpc) is 2.94. The molecule has 2 atom stereocenters. The van der Waals surface area contributed by atoms with Crippen molar-refractivity contribution in [2.75, 3.05) is 7.05 Å². The number of rotatable bonds is 4. The van der Waals surface area contributed by atoms with Crippen LogP contribution in [-0.2, 0) is 23.2 Å². The van der Waals surface area contributed by atoms with Crippen LogP contribution in [0.3, 0.4) is 0 Å². The lowest BCUT2D eigenvalue weighted by Gasteiger charge is -2.38. The number of nitrogens with one attached hydrogen (secondary N) is 1. The lowest BCUT2D eigenvalue weighted by atomic mass is 9.84. The van der Waals surface area contributed by atoms with Crippen LogP contribution in [0.15, 0.2) is 36.5 Å². The largest absolute Gasteiger partial charge is 0.352 e. The molecule has 6 nitrogen and oxygen atoms in total. The Morgan fingerprint density at radius 2 is 2.00 bits per heavy atom. The maximum atomic E-state index is 12.8. The van der Waals surface area contributed by atoms with Gasteiger partial charge in [-0.15, -0.1) is 0 Å². The molecule has 2 amide bonds. The van der Waals surface area contributed by atoms with Gasteiger partial charge in [0.05, 0.1) is 18.2 Å². The molecule has 1 aromatic heterocycles. The van der Waals surface area contributed by atoms with Gasteiger partial charge < -0.3 is 10.2 Å². The summed E-state index contributed by atoms with van der Waals surface area (Å²) < 4.78 is 1.79. The van der Waals surface area contributed by atoms with E-state index in [1.165, 1.54) is 0 Å². The number of aryl methyl sites for hydroxylation is 1. The molecule has 1 aliphatic heterocycles. The predicted octanol–water partition coefficient (Wildman–Crippen LogP) is 1.95. The molecule has 0 radical (unpaired) electrons. The third-order valence-electron chi connectivity index (χ3n) is 5.13. The summed E-state index contributed by atoms with van der Waals surface area (Å²) in [6, 6.07) is 9.55. The quantitative estimate of drug-likeness (QED) is 0.925. The SMILES string of the molecule is Cc1c(CNC(=O)C2CCC(=O)N(C)C2c2ccccc2)cnn1C. The van der Waals surface area contributed by atoms with E-state index in [0.717, 1.165) is 16.8 Å². The standard InChI is InChI=1S/C19H24N4O2/c1-13-15(12-21-23(13)3)11-20-19(25)16-9-10-17(24)22(2)18(16)14-7-5-4-6-8-14/h4-8,12,16,18H,9-11H2,1-3H3,(H,20,25). The van der Waals surface area contributed by atoms with E-state index in [-0.39, 0.29) is 23.8 Å². The number of hydrogen-bond acceptors (Lipinski definition) is 3. The molecule has 1 fully saturated rings. The molecule has 1 N–H and O–H groups in total. The van der Waals surface area contributed by atoms with E-state index in [1.807, 2.05) is 44.3 Å². The molecule has 1 aromatic carbocycles. The average molecular weight is 340 g/mol. The predicted molar refractivity (Wildman–Crippen MR) is 94.5 cm³/mol. The van der Waals surface area contributed by atoms with Crippen molar-refractivity contribution in [2.24, 2.45) is 13.0 Å². The zero-order valence-electron chi connectivity index (χ0n) is 14.9.